The van der Waals surface area contributed by atoms with Crippen molar-refractivity contribution in [3.05, 3.63) is 83.9 Å². The number of benzene rings is 3. The average molecular weight is 302 g/mol. The van der Waals surface area contributed by atoms with E-state index in [0.717, 1.165) is 30.3 Å². The molecule has 0 radical (unpaired) electrons. The predicted molar refractivity (Wildman–Crippen MR) is 93.7 cm³/mol. The number of nitrogens with two attached hydrogens (primary N) is 1. The van der Waals surface area contributed by atoms with Crippen LogP contribution in [0, 0.1) is 0 Å². The predicted octanol–water partition coefficient (Wildman–Crippen LogP) is 4.58. The highest BCUT2D eigenvalue weighted by Gasteiger charge is 2.19. The molecular weight excluding hydrogens is 284 g/mol. The molecular formula is C20H18N2O. The van der Waals surface area contributed by atoms with Crippen molar-refractivity contribution in [2.45, 2.75) is 13.1 Å². The molecule has 0 bridgehead atoms. The first-order valence-electron chi connectivity index (χ1n) is 7.73. The molecule has 0 saturated carbocycles. The monoisotopic (exact) mass is 302 g/mol. The fourth-order valence-electron chi connectivity index (χ4n) is 2.95. The summed E-state index contributed by atoms with van der Waals surface area (Å²) in [5.41, 5.74) is 10.6. The van der Waals surface area contributed by atoms with Gasteiger partial charge in [0, 0.05) is 24.5 Å². The zero-order valence-corrected chi connectivity index (χ0v) is 12.8. The van der Waals surface area contributed by atoms with Crippen LogP contribution in [0.2, 0.25) is 0 Å². The van der Waals surface area contributed by atoms with Crippen molar-refractivity contribution in [1.29, 1.82) is 0 Å². The Morgan fingerprint density at radius 1 is 0.739 bits per heavy atom. The quantitative estimate of drug-likeness (QED) is 0.720. The van der Waals surface area contributed by atoms with Gasteiger partial charge in [-0.3, -0.25) is 0 Å². The van der Waals surface area contributed by atoms with E-state index < -0.39 is 0 Å². The zero-order chi connectivity index (χ0) is 15.6. The molecule has 3 nitrogen and oxygen atoms in total. The molecule has 0 aliphatic carbocycles. The van der Waals surface area contributed by atoms with E-state index >= 15 is 0 Å². The van der Waals surface area contributed by atoms with Gasteiger partial charge in [0.25, 0.3) is 0 Å². The van der Waals surface area contributed by atoms with E-state index in [9.17, 15) is 0 Å². The van der Waals surface area contributed by atoms with Gasteiger partial charge < -0.3 is 15.4 Å². The molecule has 0 amide bonds. The van der Waals surface area contributed by atoms with Gasteiger partial charge in [-0.05, 0) is 59.7 Å². The molecule has 1 aliphatic heterocycles. The molecule has 2 N–H and O–H groups in total. The molecule has 0 fully saturated rings. The molecule has 0 saturated heterocycles. The highest BCUT2D eigenvalue weighted by Crippen LogP contribution is 2.31. The molecule has 3 heteroatoms. The van der Waals surface area contributed by atoms with Crippen LogP contribution >= 0.6 is 0 Å². The molecule has 1 heterocycles. The lowest BCUT2D eigenvalue weighted by atomic mass is 10.1. The van der Waals surface area contributed by atoms with Crippen LogP contribution in [0.3, 0.4) is 0 Å². The standard InChI is InChI=1S/C20H18N2O/c21-17-7-6-15-13-22(14-16(15)12-17)18-8-10-20(11-9-18)23-19-4-2-1-3-5-19/h1-12H,13-14,21H2. The van der Waals surface area contributed by atoms with E-state index in [-0.39, 0.29) is 0 Å². The Hall–Kier alpha value is -2.94. The van der Waals surface area contributed by atoms with Crippen molar-refractivity contribution in [3.63, 3.8) is 0 Å². The van der Waals surface area contributed by atoms with Crippen LogP contribution in [0.5, 0.6) is 11.5 Å². The molecule has 23 heavy (non-hydrogen) atoms. The van der Waals surface area contributed by atoms with Crippen LogP contribution in [-0.4, -0.2) is 0 Å². The lowest BCUT2D eigenvalue weighted by Crippen LogP contribution is -2.14. The highest BCUT2D eigenvalue weighted by molar-refractivity contribution is 5.56. The third kappa shape index (κ3) is 2.86. The van der Waals surface area contributed by atoms with Crippen LogP contribution in [0.1, 0.15) is 11.1 Å². The van der Waals surface area contributed by atoms with Crippen LogP contribution in [0.4, 0.5) is 11.4 Å². The Morgan fingerprint density at radius 2 is 1.43 bits per heavy atom. The van der Waals surface area contributed by atoms with Gasteiger partial charge in [-0.1, -0.05) is 24.3 Å². The summed E-state index contributed by atoms with van der Waals surface area (Å²) in [6, 6.07) is 24.2. The molecule has 1 aliphatic rings. The van der Waals surface area contributed by atoms with Gasteiger partial charge >= 0.3 is 0 Å². The Bertz CT molecular complexity index is 813. The number of rotatable bonds is 3. The maximum atomic E-state index is 5.87. The SMILES string of the molecule is Nc1ccc2c(c1)CN(c1ccc(Oc3ccccc3)cc1)C2. The number of nitrogen functional groups attached to an aromatic ring is 1. The normalized spacial score (nSPS) is 13.0. The van der Waals surface area contributed by atoms with Gasteiger partial charge in [0.05, 0.1) is 0 Å². The summed E-state index contributed by atoms with van der Waals surface area (Å²) in [4.78, 5) is 2.34. The van der Waals surface area contributed by atoms with E-state index in [1.807, 2.05) is 48.5 Å². The Morgan fingerprint density at radius 3 is 2.22 bits per heavy atom. The molecule has 0 aromatic heterocycles. The van der Waals surface area contributed by atoms with Gasteiger partial charge in [-0.25, -0.2) is 0 Å². The second-order valence-electron chi connectivity index (χ2n) is 5.79. The first kappa shape index (κ1) is 13.7. The second-order valence-corrected chi connectivity index (χ2v) is 5.79. The maximum absolute atomic E-state index is 5.87. The maximum Gasteiger partial charge on any atom is 0.127 e. The lowest BCUT2D eigenvalue weighted by molar-refractivity contribution is 0.482. The summed E-state index contributed by atoms with van der Waals surface area (Å²) in [5.74, 6) is 1.70. The van der Waals surface area contributed by atoms with Crippen molar-refractivity contribution >= 4 is 11.4 Å². The minimum absolute atomic E-state index is 0.831. The number of fused-ring (bicyclic) bond motifs is 1. The largest absolute Gasteiger partial charge is 0.457 e. The Balaban J connectivity index is 1.49. The zero-order valence-electron chi connectivity index (χ0n) is 12.8. The third-order valence-corrected chi connectivity index (χ3v) is 4.13. The first-order chi connectivity index (χ1) is 11.3. The van der Waals surface area contributed by atoms with E-state index in [4.69, 9.17) is 10.5 Å². The average Bonchev–Trinajstić information content (AvgIpc) is 2.99. The van der Waals surface area contributed by atoms with Crippen molar-refractivity contribution in [3.8, 4) is 11.5 Å². The van der Waals surface area contributed by atoms with Crippen molar-refractivity contribution in [2.75, 3.05) is 10.6 Å². The molecule has 3 aromatic rings. The van der Waals surface area contributed by atoms with Gasteiger partial charge in [0.2, 0.25) is 0 Å². The molecule has 0 unspecified atom stereocenters. The van der Waals surface area contributed by atoms with E-state index in [0.29, 0.717) is 0 Å². The molecule has 3 aromatic carbocycles. The molecule has 0 spiro atoms. The number of para-hydroxylation sites is 1. The van der Waals surface area contributed by atoms with E-state index in [1.165, 1.54) is 16.8 Å². The van der Waals surface area contributed by atoms with Crippen LogP contribution in [0.15, 0.2) is 72.8 Å². The summed E-state index contributed by atoms with van der Waals surface area (Å²) in [5, 5.41) is 0. The van der Waals surface area contributed by atoms with Crippen molar-refractivity contribution in [1.82, 2.24) is 0 Å². The third-order valence-electron chi connectivity index (χ3n) is 4.13. The first-order valence-corrected chi connectivity index (χ1v) is 7.73. The van der Waals surface area contributed by atoms with Gasteiger partial charge in [0.1, 0.15) is 11.5 Å². The van der Waals surface area contributed by atoms with Crippen molar-refractivity contribution in [2.24, 2.45) is 0 Å². The number of hydrogen-bond acceptors (Lipinski definition) is 3. The summed E-state index contributed by atoms with van der Waals surface area (Å²) in [6.07, 6.45) is 0. The fourth-order valence-corrected chi connectivity index (χ4v) is 2.95. The molecule has 114 valence electrons. The minimum atomic E-state index is 0.831. The van der Waals surface area contributed by atoms with Crippen molar-refractivity contribution < 1.29 is 4.74 Å². The van der Waals surface area contributed by atoms with Crippen LogP contribution < -0.4 is 15.4 Å². The van der Waals surface area contributed by atoms with Crippen LogP contribution in [-0.2, 0) is 13.1 Å². The Kier molecular flexibility index (Phi) is 3.39. The van der Waals surface area contributed by atoms with Crippen LogP contribution in [0.25, 0.3) is 0 Å². The summed E-state index contributed by atoms with van der Waals surface area (Å²) in [6.45, 7) is 1.83. The van der Waals surface area contributed by atoms with Gasteiger partial charge in [-0.15, -0.1) is 0 Å². The number of hydrogen-bond donors (Lipinski definition) is 1. The van der Waals surface area contributed by atoms with E-state index in [1.54, 1.807) is 0 Å². The highest BCUT2D eigenvalue weighted by atomic mass is 16.5. The second kappa shape index (κ2) is 5.69. The summed E-state index contributed by atoms with van der Waals surface area (Å²) < 4.78 is 5.84. The minimum Gasteiger partial charge on any atom is -0.457 e. The van der Waals surface area contributed by atoms with Gasteiger partial charge in [0.15, 0.2) is 0 Å². The van der Waals surface area contributed by atoms with E-state index in [2.05, 4.69) is 29.2 Å². The molecule has 0 atom stereocenters. The number of anilines is 2. The molecule has 4 rings (SSSR count). The lowest BCUT2D eigenvalue weighted by Gasteiger charge is -2.18. The summed E-state index contributed by atoms with van der Waals surface area (Å²) >= 11 is 0. The summed E-state index contributed by atoms with van der Waals surface area (Å²) in [7, 11) is 0. The number of ether oxygens (including phenoxy) is 1. The Labute approximate surface area is 135 Å². The topological polar surface area (TPSA) is 38.5 Å². The smallest absolute Gasteiger partial charge is 0.127 e. The van der Waals surface area contributed by atoms with Gasteiger partial charge in [-0.2, -0.15) is 0 Å². The fraction of sp³-hybridized carbons (Fsp3) is 0.100. The number of nitrogens with zero attached hydrogens (tertiary/aromatic N) is 1.